The maximum Gasteiger partial charge on any atom is 0.338 e. The molecule has 1 heterocycles. The van der Waals surface area contributed by atoms with E-state index >= 15 is 0 Å². The molecule has 10 heteroatoms. The first-order valence-electron chi connectivity index (χ1n) is 10.2. The predicted molar refractivity (Wildman–Crippen MR) is 122 cm³/mol. The molecule has 172 valence electrons. The Bertz CT molecular complexity index is 1100. The molecule has 0 saturated carbocycles. The lowest BCUT2D eigenvalue weighted by Gasteiger charge is -2.26. The molecule has 1 atom stereocenters. The molecule has 0 aromatic heterocycles. The first kappa shape index (κ1) is 24.5. The molecule has 1 aliphatic rings. The molecule has 1 fully saturated rings. The smallest absolute Gasteiger partial charge is 0.338 e. The Labute approximate surface area is 197 Å². The van der Waals surface area contributed by atoms with Crippen molar-refractivity contribution in [1.29, 1.82) is 0 Å². The minimum atomic E-state index is -3.83. The number of esters is 1. The third-order valence-electron chi connectivity index (χ3n) is 5.16. The largest absolute Gasteiger partial charge is 0.452 e. The molecular weight excluding hydrogens is 475 g/mol. The van der Waals surface area contributed by atoms with Crippen LogP contribution in [0.2, 0.25) is 10.0 Å². The van der Waals surface area contributed by atoms with Crippen molar-refractivity contribution in [3.05, 3.63) is 63.6 Å². The minimum absolute atomic E-state index is 0.000624. The van der Waals surface area contributed by atoms with E-state index in [1.54, 1.807) is 25.1 Å². The Kier molecular flexibility index (Phi) is 8.16. The van der Waals surface area contributed by atoms with Crippen LogP contribution in [0.4, 0.5) is 0 Å². The van der Waals surface area contributed by atoms with Gasteiger partial charge in [0.1, 0.15) is 4.90 Å². The topological polar surface area (TPSA) is 92.8 Å². The lowest BCUT2D eigenvalue weighted by molar-refractivity contribution is -0.124. The lowest BCUT2D eigenvalue weighted by atomic mass is 10.1. The van der Waals surface area contributed by atoms with Crippen molar-refractivity contribution in [3.63, 3.8) is 0 Å². The molecule has 0 bridgehead atoms. The van der Waals surface area contributed by atoms with E-state index in [1.165, 1.54) is 22.5 Å². The van der Waals surface area contributed by atoms with Crippen LogP contribution in [-0.2, 0) is 19.6 Å². The molecule has 1 aliphatic heterocycles. The van der Waals surface area contributed by atoms with Crippen molar-refractivity contribution in [3.8, 4) is 0 Å². The van der Waals surface area contributed by atoms with E-state index in [0.717, 1.165) is 24.8 Å². The van der Waals surface area contributed by atoms with Crippen molar-refractivity contribution in [2.45, 2.75) is 37.1 Å². The predicted octanol–water partition coefficient (Wildman–Crippen LogP) is 4.20. The number of nitrogens with one attached hydrogen (secondary N) is 1. The summed E-state index contributed by atoms with van der Waals surface area (Å²) in [6.45, 7) is 2.10. The van der Waals surface area contributed by atoms with Gasteiger partial charge in [-0.3, -0.25) is 4.79 Å². The Morgan fingerprint density at radius 1 is 1.09 bits per heavy atom. The highest BCUT2D eigenvalue weighted by molar-refractivity contribution is 7.89. The van der Waals surface area contributed by atoms with Crippen LogP contribution < -0.4 is 5.32 Å². The van der Waals surface area contributed by atoms with Crippen LogP contribution >= 0.6 is 23.2 Å². The molecule has 1 unspecified atom stereocenters. The highest BCUT2D eigenvalue weighted by atomic mass is 35.5. The second-order valence-electron chi connectivity index (χ2n) is 7.53. The van der Waals surface area contributed by atoms with Crippen LogP contribution in [0.1, 0.15) is 48.1 Å². The van der Waals surface area contributed by atoms with Crippen LogP contribution in [-0.4, -0.2) is 44.3 Å². The highest BCUT2D eigenvalue weighted by Gasteiger charge is 2.29. The second-order valence-corrected chi connectivity index (χ2v) is 10.3. The molecule has 1 N–H and O–H groups in total. The maximum atomic E-state index is 12.9. The third kappa shape index (κ3) is 6.01. The van der Waals surface area contributed by atoms with Gasteiger partial charge in [-0.2, -0.15) is 4.31 Å². The van der Waals surface area contributed by atoms with E-state index in [0.29, 0.717) is 18.1 Å². The zero-order valence-electron chi connectivity index (χ0n) is 17.5. The van der Waals surface area contributed by atoms with Gasteiger partial charge in [0.2, 0.25) is 10.0 Å². The van der Waals surface area contributed by atoms with Gasteiger partial charge in [-0.1, -0.05) is 41.8 Å². The first-order chi connectivity index (χ1) is 15.2. The number of hydrogen-bond donors (Lipinski definition) is 1. The zero-order chi connectivity index (χ0) is 23.3. The highest BCUT2D eigenvalue weighted by Crippen LogP contribution is 2.28. The van der Waals surface area contributed by atoms with Crippen molar-refractivity contribution in [1.82, 2.24) is 9.62 Å². The Morgan fingerprint density at radius 2 is 1.81 bits per heavy atom. The fraction of sp³-hybridized carbons (Fsp3) is 0.364. The van der Waals surface area contributed by atoms with E-state index in [4.69, 9.17) is 27.9 Å². The second kappa shape index (κ2) is 10.7. The molecule has 1 saturated heterocycles. The van der Waals surface area contributed by atoms with Gasteiger partial charge < -0.3 is 10.1 Å². The summed E-state index contributed by atoms with van der Waals surface area (Å²) in [7, 11) is -3.83. The molecule has 2 aromatic carbocycles. The van der Waals surface area contributed by atoms with E-state index in [2.05, 4.69) is 5.32 Å². The number of nitrogens with zero attached hydrogens (tertiary/aromatic N) is 1. The van der Waals surface area contributed by atoms with Gasteiger partial charge in [-0.15, -0.1) is 0 Å². The zero-order valence-corrected chi connectivity index (χ0v) is 19.8. The fourth-order valence-corrected chi connectivity index (χ4v) is 5.65. The normalized spacial score (nSPS) is 15.7. The molecule has 0 radical (unpaired) electrons. The first-order valence-corrected chi connectivity index (χ1v) is 12.4. The van der Waals surface area contributed by atoms with E-state index in [9.17, 15) is 18.0 Å². The van der Waals surface area contributed by atoms with Gasteiger partial charge in [0.25, 0.3) is 5.91 Å². The number of halogens is 2. The molecule has 2 aromatic rings. The average Bonchev–Trinajstić information content (AvgIpc) is 2.78. The van der Waals surface area contributed by atoms with Gasteiger partial charge in [0.05, 0.1) is 16.6 Å². The minimum Gasteiger partial charge on any atom is -0.452 e. The van der Waals surface area contributed by atoms with E-state index < -0.39 is 28.5 Å². The number of ether oxygens (including phenoxy) is 1. The number of piperidine rings is 1. The van der Waals surface area contributed by atoms with Gasteiger partial charge in [0, 0.05) is 18.1 Å². The third-order valence-corrected chi connectivity index (χ3v) is 7.78. The number of benzene rings is 2. The molecule has 3 rings (SSSR count). The standard InChI is InChI=1S/C22H24Cl2N2O5S/c1-15(16-6-5-7-18(23)12-16)25-21(27)14-31-22(28)17-8-9-19(24)20(13-17)32(29,30)26-10-3-2-4-11-26/h5-9,12-13,15H,2-4,10-11,14H2,1H3,(H,25,27). The number of carbonyl (C=O) groups excluding carboxylic acids is 2. The summed E-state index contributed by atoms with van der Waals surface area (Å²) >= 11 is 12.1. The van der Waals surface area contributed by atoms with Gasteiger partial charge in [-0.05, 0) is 55.7 Å². The molecule has 0 spiro atoms. The van der Waals surface area contributed by atoms with Crippen LogP contribution in [0.3, 0.4) is 0 Å². The number of amides is 1. The van der Waals surface area contributed by atoms with Crippen molar-refractivity contribution in [2.24, 2.45) is 0 Å². The Morgan fingerprint density at radius 3 is 2.50 bits per heavy atom. The quantitative estimate of drug-likeness (QED) is 0.577. The van der Waals surface area contributed by atoms with Crippen LogP contribution in [0.15, 0.2) is 47.4 Å². The van der Waals surface area contributed by atoms with Crippen LogP contribution in [0.25, 0.3) is 0 Å². The summed E-state index contributed by atoms with van der Waals surface area (Å²) in [5.41, 5.74) is 0.808. The van der Waals surface area contributed by atoms with Crippen molar-refractivity contribution in [2.75, 3.05) is 19.7 Å². The number of sulfonamides is 1. The summed E-state index contributed by atoms with van der Waals surface area (Å²) in [4.78, 5) is 24.5. The molecular formula is C22H24Cl2N2O5S. The summed E-state index contributed by atoms with van der Waals surface area (Å²) in [5.74, 6) is -1.32. The summed E-state index contributed by atoms with van der Waals surface area (Å²) in [6.07, 6.45) is 2.53. The van der Waals surface area contributed by atoms with Crippen molar-refractivity contribution < 1.29 is 22.7 Å². The van der Waals surface area contributed by atoms with Gasteiger partial charge in [0.15, 0.2) is 6.61 Å². The van der Waals surface area contributed by atoms with Crippen LogP contribution in [0.5, 0.6) is 0 Å². The SMILES string of the molecule is CC(NC(=O)COC(=O)c1ccc(Cl)c(S(=O)(=O)N2CCCCC2)c1)c1cccc(Cl)c1. The molecule has 32 heavy (non-hydrogen) atoms. The Balaban J connectivity index is 1.64. The fourth-order valence-electron chi connectivity index (χ4n) is 3.43. The van der Waals surface area contributed by atoms with Crippen LogP contribution in [0, 0.1) is 0 Å². The molecule has 7 nitrogen and oxygen atoms in total. The van der Waals surface area contributed by atoms with E-state index in [-0.39, 0.29) is 21.5 Å². The van der Waals surface area contributed by atoms with Gasteiger partial charge in [-0.25, -0.2) is 13.2 Å². The summed E-state index contributed by atoms with van der Waals surface area (Å²) in [5, 5.41) is 3.30. The Hall–Kier alpha value is -2.13. The van der Waals surface area contributed by atoms with Crippen molar-refractivity contribution >= 4 is 45.1 Å². The number of rotatable bonds is 7. The maximum absolute atomic E-state index is 12.9. The average molecular weight is 499 g/mol. The molecule has 0 aliphatic carbocycles. The molecule has 1 amide bonds. The number of hydrogen-bond acceptors (Lipinski definition) is 5. The van der Waals surface area contributed by atoms with Gasteiger partial charge >= 0.3 is 5.97 Å². The lowest BCUT2D eigenvalue weighted by Crippen LogP contribution is -2.35. The monoisotopic (exact) mass is 498 g/mol. The number of carbonyl (C=O) groups is 2. The summed E-state index contributed by atoms with van der Waals surface area (Å²) < 4.78 is 32.3. The summed E-state index contributed by atoms with van der Waals surface area (Å²) in [6, 6.07) is 10.6. The van der Waals surface area contributed by atoms with E-state index in [1.807, 2.05) is 6.07 Å².